The van der Waals surface area contributed by atoms with Crippen molar-refractivity contribution < 1.29 is 9.59 Å². The van der Waals surface area contributed by atoms with E-state index in [1.165, 1.54) is 0 Å². The van der Waals surface area contributed by atoms with Crippen LogP contribution in [-0.4, -0.2) is 54.3 Å². The number of carbonyl (C=O) groups is 2. The van der Waals surface area contributed by atoms with Gasteiger partial charge in [-0.1, -0.05) is 38.4 Å². The van der Waals surface area contributed by atoms with Crippen molar-refractivity contribution >= 4 is 29.1 Å². The highest BCUT2D eigenvalue weighted by atomic mass is 35.5. The fourth-order valence-corrected chi connectivity index (χ4v) is 2.98. The molecule has 2 amide bonds. The largest absolute Gasteiger partial charge is 0.340 e. The van der Waals surface area contributed by atoms with E-state index in [2.05, 4.69) is 10.2 Å². The number of hydrogen-bond donors (Lipinski definition) is 1. The van der Waals surface area contributed by atoms with Gasteiger partial charge in [0.2, 0.25) is 11.8 Å². The van der Waals surface area contributed by atoms with Gasteiger partial charge in [-0.05, 0) is 24.6 Å². The zero-order chi connectivity index (χ0) is 17.9. The lowest BCUT2D eigenvalue weighted by Crippen LogP contribution is -2.52. The Morgan fingerprint density at radius 2 is 1.79 bits per heavy atom. The Hall–Kier alpha value is -1.59. The molecule has 0 atom stereocenters. The van der Waals surface area contributed by atoms with E-state index in [0.717, 1.165) is 5.56 Å². The second kappa shape index (κ2) is 7.53. The van der Waals surface area contributed by atoms with Gasteiger partial charge in [0.05, 0.1) is 17.3 Å². The van der Waals surface area contributed by atoms with E-state index < -0.39 is 0 Å². The van der Waals surface area contributed by atoms with Crippen LogP contribution < -0.4 is 5.32 Å². The summed E-state index contributed by atoms with van der Waals surface area (Å²) in [6.45, 7) is 10.8. The average molecular weight is 352 g/mol. The minimum absolute atomic E-state index is 0.0867. The summed E-state index contributed by atoms with van der Waals surface area (Å²) < 4.78 is 0. The van der Waals surface area contributed by atoms with Gasteiger partial charge in [0, 0.05) is 31.6 Å². The molecule has 0 radical (unpaired) electrons. The van der Waals surface area contributed by atoms with Crippen molar-refractivity contribution in [1.82, 2.24) is 9.80 Å². The van der Waals surface area contributed by atoms with Gasteiger partial charge < -0.3 is 10.2 Å². The Labute approximate surface area is 149 Å². The summed E-state index contributed by atoms with van der Waals surface area (Å²) in [5.74, 6) is 0.0781. The highest BCUT2D eigenvalue weighted by molar-refractivity contribution is 6.33. The molecule has 0 spiro atoms. The third-order valence-corrected chi connectivity index (χ3v) is 4.38. The predicted molar refractivity (Wildman–Crippen MR) is 97.3 cm³/mol. The molecule has 1 aromatic carbocycles. The summed E-state index contributed by atoms with van der Waals surface area (Å²) >= 11 is 6.14. The first-order chi connectivity index (χ1) is 11.2. The highest BCUT2D eigenvalue weighted by Gasteiger charge is 2.30. The number of nitrogens with one attached hydrogen (secondary N) is 1. The van der Waals surface area contributed by atoms with Gasteiger partial charge in [0.15, 0.2) is 0 Å². The van der Waals surface area contributed by atoms with Gasteiger partial charge in [-0.3, -0.25) is 14.5 Å². The minimum Gasteiger partial charge on any atom is -0.340 e. The number of rotatable bonds is 3. The first kappa shape index (κ1) is 18.7. The zero-order valence-corrected chi connectivity index (χ0v) is 15.6. The molecule has 1 aliphatic rings. The van der Waals surface area contributed by atoms with Gasteiger partial charge in [-0.25, -0.2) is 0 Å². The second-order valence-electron chi connectivity index (χ2n) is 7.35. The van der Waals surface area contributed by atoms with Crippen LogP contribution in [0, 0.1) is 12.3 Å². The molecule has 1 saturated heterocycles. The SMILES string of the molecule is Cc1ccc(NC(=O)CN2CCN(C(=O)C(C)(C)C)CC2)c(Cl)c1. The molecule has 0 unspecified atom stereocenters. The van der Waals surface area contributed by atoms with E-state index in [1.807, 2.05) is 50.8 Å². The minimum atomic E-state index is -0.359. The number of hydrogen-bond acceptors (Lipinski definition) is 3. The van der Waals surface area contributed by atoms with Crippen molar-refractivity contribution in [3.63, 3.8) is 0 Å². The van der Waals surface area contributed by atoms with Crippen LogP contribution >= 0.6 is 11.6 Å². The van der Waals surface area contributed by atoms with Crippen LogP contribution in [0.15, 0.2) is 18.2 Å². The third-order valence-electron chi connectivity index (χ3n) is 4.07. The first-order valence-electron chi connectivity index (χ1n) is 8.24. The number of benzene rings is 1. The molecule has 24 heavy (non-hydrogen) atoms. The molecule has 1 aliphatic heterocycles. The van der Waals surface area contributed by atoms with E-state index in [9.17, 15) is 9.59 Å². The van der Waals surface area contributed by atoms with Gasteiger partial charge in [-0.15, -0.1) is 0 Å². The maximum absolute atomic E-state index is 12.3. The van der Waals surface area contributed by atoms with Crippen molar-refractivity contribution in [2.24, 2.45) is 5.41 Å². The van der Waals surface area contributed by atoms with Crippen LogP contribution in [0.3, 0.4) is 0 Å². The molecular formula is C18H26ClN3O2. The lowest BCUT2D eigenvalue weighted by molar-refractivity contribution is -0.141. The molecule has 1 heterocycles. The highest BCUT2D eigenvalue weighted by Crippen LogP contribution is 2.23. The molecule has 1 fully saturated rings. The number of piperazine rings is 1. The van der Waals surface area contributed by atoms with Gasteiger partial charge >= 0.3 is 0 Å². The van der Waals surface area contributed by atoms with Crippen LogP contribution in [0.2, 0.25) is 5.02 Å². The fraction of sp³-hybridized carbons (Fsp3) is 0.556. The molecule has 1 N–H and O–H groups in total. The number of amides is 2. The van der Waals surface area contributed by atoms with Gasteiger partial charge in [0.25, 0.3) is 0 Å². The summed E-state index contributed by atoms with van der Waals surface area (Å²) in [5.41, 5.74) is 1.33. The number of halogens is 1. The van der Waals surface area contributed by atoms with E-state index >= 15 is 0 Å². The maximum Gasteiger partial charge on any atom is 0.238 e. The monoisotopic (exact) mass is 351 g/mol. The number of anilines is 1. The van der Waals surface area contributed by atoms with Crippen molar-refractivity contribution in [1.29, 1.82) is 0 Å². The first-order valence-corrected chi connectivity index (χ1v) is 8.62. The Morgan fingerprint density at radius 3 is 2.33 bits per heavy atom. The van der Waals surface area contributed by atoms with Crippen molar-refractivity contribution in [3.8, 4) is 0 Å². The molecule has 0 aromatic heterocycles. The van der Waals surface area contributed by atoms with E-state index in [1.54, 1.807) is 0 Å². The molecule has 132 valence electrons. The van der Waals surface area contributed by atoms with Crippen LogP contribution in [0.25, 0.3) is 0 Å². The number of nitrogens with zero attached hydrogens (tertiary/aromatic N) is 2. The third kappa shape index (κ3) is 4.95. The van der Waals surface area contributed by atoms with Crippen LogP contribution in [0.1, 0.15) is 26.3 Å². The zero-order valence-electron chi connectivity index (χ0n) is 14.9. The quantitative estimate of drug-likeness (QED) is 0.911. The number of carbonyl (C=O) groups excluding carboxylic acids is 2. The molecule has 2 rings (SSSR count). The van der Waals surface area contributed by atoms with Crippen LogP contribution in [0.5, 0.6) is 0 Å². The summed E-state index contributed by atoms with van der Waals surface area (Å²) in [5, 5.41) is 3.40. The average Bonchev–Trinajstić information content (AvgIpc) is 2.49. The molecule has 6 heteroatoms. The Balaban J connectivity index is 1.83. The standard InChI is InChI=1S/C18H26ClN3O2/c1-13-5-6-15(14(19)11-13)20-16(23)12-21-7-9-22(10-8-21)17(24)18(2,3)4/h5-6,11H,7-10,12H2,1-4H3,(H,20,23). The van der Waals surface area contributed by atoms with E-state index in [4.69, 9.17) is 11.6 Å². The summed E-state index contributed by atoms with van der Waals surface area (Å²) in [6, 6.07) is 5.56. The fourth-order valence-electron chi connectivity index (χ4n) is 2.70. The lowest BCUT2D eigenvalue weighted by atomic mass is 9.94. The van der Waals surface area contributed by atoms with Gasteiger partial charge in [-0.2, -0.15) is 0 Å². The van der Waals surface area contributed by atoms with E-state index in [0.29, 0.717) is 43.4 Å². The molecular weight excluding hydrogens is 326 g/mol. The summed E-state index contributed by atoms with van der Waals surface area (Å²) in [6.07, 6.45) is 0. The van der Waals surface area contributed by atoms with Gasteiger partial charge in [0.1, 0.15) is 0 Å². The van der Waals surface area contributed by atoms with E-state index in [-0.39, 0.29) is 17.2 Å². The van der Waals surface area contributed by atoms with Crippen LogP contribution in [0.4, 0.5) is 5.69 Å². The molecule has 5 nitrogen and oxygen atoms in total. The number of aryl methyl sites for hydroxylation is 1. The molecule has 0 aliphatic carbocycles. The summed E-state index contributed by atoms with van der Waals surface area (Å²) in [4.78, 5) is 28.4. The topological polar surface area (TPSA) is 52.7 Å². The molecule has 0 saturated carbocycles. The van der Waals surface area contributed by atoms with Crippen molar-refractivity contribution in [2.75, 3.05) is 38.0 Å². The van der Waals surface area contributed by atoms with Crippen molar-refractivity contribution in [3.05, 3.63) is 28.8 Å². The lowest BCUT2D eigenvalue weighted by Gasteiger charge is -2.37. The summed E-state index contributed by atoms with van der Waals surface area (Å²) in [7, 11) is 0. The molecule has 1 aromatic rings. The molecule has 0 bridgehead atoms. The second-order valence-corrected chi connectivity index (χ2v) is 7.76. The Kier molecular flexibility index (Phi) is 5.88. The van der Waals surface area contributed by atoms with Crippen molar-refractivity contribution in [2.45, 2.75) is 27.7 Å². The van der Waals surface area contributed by atoms with Crippen LogP contribution in [-0.2, 0) is 9.59 Å². The maximum atomic E-state index is 12.3. The normalized spacial score (nSPS) is 16.1. The Morgan fingerprint density at radius 1 is 1.17 bits per heavy atom. The Bertz CT molecular complexity index is 617. The smallest absolute Gasteiger partial charge is 0.238 e. The predicted octanol–water partition coefficient (Wildman–Crippen LogP) is 2.78.